The van der Waals surface area contributed by atoms with E-state index in [1.54, 1.807) is 31.2 Å². The minimum Gasteiger partial charge on any atom is -0.508 e. The maximum Gasteiger partial charge on any atom is 0.265 e. The number of hydrogen-bond acceptors (Lipinski definition) is 3. The Morgan fingerprint density at radius 2 is 2.00 bits per heavy atom. The van der Waals surface area contributed by atoms with Gasteiger partial charge in [-0.05, 0) is 54.3 Å². The van der Waals surface area contributed by atoms with Crippen molar-refractivity contribution in [3.8, 4) is 5.75 Å². The number of phenols is 1. The lowest BCUT2D eigenvalue weighted by Crippen LogP contribution is -2.09. The summed E-state index contributed by atoms with van der Waals surface area (Å²) in [6.07, 6.45) is 0. The molecule has 3 nitrogen and oxygen atoms in total. The fourth-order valence-corrected chi connectivity index (χ4v) is 3.03. The molecule has 2 aromatic carbocycles. The van der Waals surface area contributed by atoms with Gasteiger partial charge in [0.2, 0.25) is 0 Å². The van der Waals surface area contributed by atoms with Gasteiger partial charge in [-0.3, -0.25) is 4.79 Å². The maximum atomic E-state index is 13.2. The number of fused-ring (bicyclic) bond motifs is 1. The van der Waals surface area contributed by atoms with Crippen LogP contribution in [0.1, 0.15) is 15.2 Å². The largest absolute Gasteiger partial charge is 0.508 e. The van der Waals surface area contributed by atoms with E-state index in [-0.39, 0.29) is 17.5 Å². The highest BCUT2D eigenvalue weighted by atomic mass is 32.1. The highest BCUT2D eigenvalue weighted by Gasteiger charge is 2.11. The molecule has 106 valence electrons. The van der Waals surface area contributed by atoms with Gasteiger partial charge in [-0.2, -0.15) is 0 Å². The molecule has 21 heavy (non-hydrogen) atoms. The van der Waals surface area contributed by atoms with E-state index in [4.69, 9.17) is 0 Å². The lowest BCUT2D eigenvalue weighted by molar-refractivity contribution is 0.103. The van der Waals surface area contributed by atoms with Crippen molar-refractivity contribution in [1.29, 1.82) is 0 Å². The Labute approximate surface area is 124 Å². The average Bonchev–Trinajstić information content (AvgIpc) is 2.86. The number of hydrogen-bond donors (Lipinski definition) is 2. The second-order valence-electron chi connectivity index (χ2n) is 4.75. The first-order valence-electron chi connectivity index (χ1n) is 6.33. The van der Waals surface area contributed by atoms with Gasteiger partial charge in [-0.25, -0.2) is 4.39 Å². The fraction of sp³-hybridized carbons (Fsp3) is 0.0625. The third-order valence-electron chi connectivity index (χ3n) is 3.16. The number of amides is 1. The minimum absolute atomic E-state index is 0.185. The number of aryl methyl sites for hydroxylation is 1. The zero-order chi connectivity index (χ0) is 15.0. The first-order valence-corrected chi connectivity index (χ1v) is 7.14. The topological polar surface area (TPSA) is 49.3 Å². The first-order chi connectivity index (χ1) is 10.0. The van der Waals surface area contributed by atoms with Crippen molar-refractivity contribution in [3.63, 3.8) is 0 Å². The number of rotatable bonds is 2. The molecule has 1 amide bonds. The lowest BCUT2D eigenvalue weighted by atomic mass is 10.2. The minimum atomic E-state index is -0.314. The van der Waals surface area contributed by atoms with E-state index in [0.717, 1.165) is 10.1 Å². The Hall–Kier alpha value is -2.40. The van der Waals surface area contributed by atoms with Crippen LogP contribution in [0.5, 0.6) is 5.75 Å². The molecule has 0 aliphatic rings. The summed E-state index contributed by atoms with van der Waals surface area (Å²) in [4.78, 5) is 12.7. The normalized spacial score (nSPS) is 10.8. The molecule has 5 heteroatoms. The van der Waals surface area contributed by atoms with E-state index >= 15 is 0 Å². The highest BCUT2D eigenvalue weighted by Crippen LogP contribution is 2.27. The monoisotopic (exact) mass is 301 g/mol. The molecule has 0 atom stereocenters. The highest BCUT2D eigenvalue weighted by molar-refractivity contribution is 7.20. The molecular formula is C16H12FNO2S. The van der Waals surface area contributed by atoms with Crippen molar-refractivity contribution in [2.75, 3.05) is 5.32 Å². The molecule has 0 radical (unpaired) electrons. The van der Waals surface area contributed by atoms with E-state index < -0.39 is 0 Å². The van der Waals surface area contributed by atoms with Gasteiger partial charge >= 0.3 is 0 Å². The molecule has 1 heterocycles. The summed E-state index contributed by atoms with van der Waals surface area (Å²) in [5, 5.41) is 13.1. The number of aromatic hydroxyl groups is 1. The third kappa shape index (κ3) is 2.73. The van der Waals surface area contributed by atoms with E-state index in [0.29, 0.717) is 16.1 Å². The van der Waals surface area contributed by atoms with Gasteiger partial charge in [0.05, 0.1) is 4.88 Å². The Morgan fingerprint density at radius 3 is 2.76 bits per heavy atom. The Bertz CT molecular complexity index is 841. The second-order valence-corrected chi connectivity index (χ2v) is 5.83. The number of anilines is 1. The van der Waals surface area contributed by atoms with Crippen molar-refractivity contribution < 1.29 is 14.3 Å². The summed E-state index contributed by atoms with van der Waals surface area (Å²) in [5.41, 5.74) is 1.30. The Morgan fingerprint density at radius 1 is 1.19 bits per heavy atom. The van der Waals surface area contributed by atoms with Gasteiger partial charge in [-0.15, -0.1) is 11.3 Å². The van der Waals surface area contributed by atoms with Crippen LogP contribution in [0.4, 0.5) is 10.1 Å². The summed E-state index contributed by atoms with van der Waals surface area (Å²) < 4.78 is 13.9. The number of nitrogens with one attached hydrogen (secondary N) is 1. The van der Waals surface area contributed by atoms with E-state index in [2.05, 4.69) is 5.32 Å². The number of halogens is 1. The van der Waals surface area contributed by atoms with Crippen LogP contribution >= 0.6 is 11.3 Å². The predicted molar refractivity (Wildman–Crippen MR) is 82.6 cm³/mol. The van der Waals surface area contributed by atoms with Crippen molar-refractivity contribution >= 4 is 33.0 Å². The molecule has 0 spiro atoms. The van der Waals surface area contributed by atoms with Crippen LogP contribution in [0.15, 0.2) is 42.5 Å². The lowest BCUT2D eigenvalue weighted by Gasteiger charge is -2.05. The van der Waals surface area contributed by atoms with Crippen molar-refractivity contribution in [1.82, 2.24) is 0 Å². The average molecular weight is 301 g/mol. The molecule has 0 bridgehead atoms. The summed E-state index contributed by atoms with van der Waals surface area (Å²) in [6.45, 7) is 1.76. The molecule has 0 unspecified atom stereocenters. The quantitative estimate of drug-likeness (QED) is 0.693. The second kappa shape index (κ2) is 5.18. The number of carbonyl (C=O) groups excluding carboxylic acids is 1. The molecule has 3 rings (SSSR count). The van der Waals surface area contributed by atoms with Crippen LogP contribution in [-0.2, 0) is 0 Å². The van der Waals surface area contributed by atoms with Gasteiger partial charge in [0, 0.05) is 10.4 Å². The van der Waals surface area contributed by atoms with Crippen LogP contribution < -0.4 is 5.32 Å². The molecule has 0 saturated heterocycles. The summed E-state index contributed by atoms with van der Waals surface area (Å²) in [6, 6.07) is 11.0. The fourth-order valence-electron chi connectivity index (χ4n) is 2.04. The van der Waals surface area contributed by atoms with Gasteiger partial charge in [0.15, 0.2) is 0 Å². The smallest absolute Gasteiger partial charge is 0.265 e. The van der Waals surface area contributed by atoms with Crippen LogP contribution in [0.2, 0.25) is 0 Å². The number of carbonyl (C=O) groups is 1. The Balaban J connectivity index is 1.87. The van der Waals surface area contributed by atoms with E-state index in [9.17, 15) is 14.3 Å². The van der Waals surface area contributed by atoms with Gasteiger partial charge < -0.3 is 10.4 Å². The van der Waals surface area contributed by atoms with Gasteiger partial charge in [-0.1, -0.05) is 6.07 Å². The summed E-state index contributed by atoms with van der Waals surface area (Å²) in [7, 11) is 0. The van der Waals surface area contributed by atoms with Crippen LogP contribution in [-0.4, -0.2) is 11.0 Å². The third-order valence-corrected chi connectivity index (χ3v) is 4.26. The first kappa shape index (κ1) is 13.6. The molecule has 1 aromatic heterocycles. The number of phenolic OH excluding ortho intramolecular Hbond substituents is 1. The predicted octanol–water partition coefficient (Wildman–Crippen LogP) is 4.31. The van der Waals surface area contributed by atoms with Crippen molar-refractivity contribution in [3.05, 3.63) is 58.7 Å². The summed E-state index contributed by atoms with van der Waals surface area (Å²) in [5.74, 6) is -0.377. The Kier molecular flexibility index (Phi) is 3.35. The maximum absolute atomic E-state index is 13.2. The number of benzene rings is 2. The van der Waals surface area contributed by atoms with Crippen molar-refractivity contribution in [2.24, 2.45) is 0 Å². The SMILES string of the molecule is Cc1cc(NC(=O)c2cc3ccc(F)cc3s2)ccc1O. The zero-order valence-electron chi connectivity index (χ0n) is 11.2. The van der Waals surface area contributed by atoms with Crippen LogP contribution in [0, 0.1) is 12.7 Å². The van der Waals surface area contributed by atoms with E-state index in [1.807, 2.05) is 0 Å². The number of thiophene rings is 1. The molecule has 2 N–H and O–H groups in total. The molecule has 0 saturated carbocycles. The molecular weight excluding hydrogens is 289 g/mol. The van der Waals surface area contributed by atoms with Crippen molar-refractivity contribution in [2.45, 2.75) is 6.92 Å². The van der Waals surface area contributed by atoms with E-state index in [1.165, 1.54) is 29.5 Å². The van der Waals surface area contributed by atoms with Gasteiger partial charge in [0.25, 0.3) is 5.91 Å². The molecule has 0 aliphatic heterocycles. The van der Waals surface area contributed by atoms with Gasteiger partial charge in [0.1, 0.15) is 11.6 Å². The van der Waals surface area contributed by atoms with Crippen LogP contribution in [0.3, 0.4) is 0 Å². The summed E-state index contributed by atoms with van der Waals surface area (Å²) >= 11 is 1.24. The standard InChI is InChI=1S/C16H12FNO2S/c1-9-6-12(4-5-13(9)19)18-16(20)15-7-10-2-3-11(17)8-14(10)21-15/h2-8,19H,1H3,(H,18,20). The van der Waals surface area contributed by atoms with Crippen LogP contribution in [0.25, 0.3) is 10.1 Å². The molecule has 3 aromatic rings. The zero-order valence-corrected chi connectivity index (χ0v) is 12.0. The molecule has 0 aliphatic carbocycles. The molecule has 0 fully saturated rings.